The SMILES string of the molecule is N#Cc1cc(-c2ccc(-n3c4ccccc4c4cc5c6ccccc6n(-c6ccccc6)c5cc43)cc2)ccc1-n1c2ccccc2c2ccccc21. The molecule has 0 spiro atoms. The van der Waals surface area contributed by atoms with Crippen molar-refractivity contribution in [1.82, 2.24) is 13.7 Å². The monoisotopic (exact) mass is 674 g/mol. The van der Waals surface area contributed by atoms with E-state index < -0.39 is 0 Å². The van der Waals surface area contributed by atoms with E-state index in [2.05, 4.69) is 196 Å². The van der Waals surface area contributed by atoms with Gasteiger partial charge in [-0.25, -0.2) is 0 Å². The highest BCUT2D eigenvalue weighted by atomic mass is 15.0. The Kier molecular flexibility index (Phi) is 6.28. The van der Waals surface area contributed by atoms with Crippen LogP contribution in [0.25, 0.3) is 93.6 Å². The van der Waals surface area contributed by atoms with E-state index in [4.69, 9.17) is 0 Å². The molecule has 0 radical (unpaired) electrons. The van der Waals surface area contributed by atoms with Gasteiger partial charge in [-0.05, 0) is 83.9 Å². The van der Waals surface area contributed by atoms with Crippen LogP contribution in [0.4, 0.5) is 0 Å². The lowest BCUT2D eigenvalue weighted by Crippen LogP contribution is -1.98. The maximum Gasteiger partial charge on any atom is 0.101 e. The predicted octanol–water partition coefficient (Wildman–Crippen LogP) is 12.5. The number of nitrogens with zero attached hydrogens (tertiary/aromatic N) is 4. The average Bonchev–Trinajstić information content (AvgIpc) is 3.85. The molecule has 0 N–H and O–H groups in total. The van der Waals surface area contributed by atoms with E-state index in [1.165, 1.54) is 48.9 Å². The van der Waals surface area contributed by atoms with Gasteiger partial charge in [0.05, 0.1) is 44.4 Å². The summed E-state index contributed by atoms with van der Waals surface area (Å²) in [6, 6.07) is 67.1. The van der Waals surface area contributed by atoms with Crippen molar-refractivity contribution in [2.75, 3.05) is 0 Å². The lowest BCUT2D eigenvalue weighted by atomic mass is 10.0. The summed E-state index contributed by atoms with van der Waals surface area (Å²) in [5.74, 6) is 0. The number of nitriles is 1. The van der Waals surface area contributed by atoms with Gasteiger partial charge in [0.25, 0.3) is 0 Å². The minimum Gasteiger partial charge on any atom is -0.309 e. The Morgan fingerprint density at radius 2 is 0.755 bits per heavy atom. The van der Waals surface area contributed by atoms with Gasteiger partial charge >= 0.3 is 0 Å². The highest BCUT2D eigenvalue weighted by molar-refractivity contribution is 6.19. The van der Waals surface area contributed by atoms with Crippen molar-refractivity contribution in [2.24, 2.45) is 0 Å². The molecule has 53 heavy (non-hydrogen) atoms. The highest BCUT2D eigenvalue weighted by Gasteiger charge is 2.19. The van der Waals surface area contributed by atoms with E-state index in [1.807, 2.05) is 6.07 Å². The van der Waals surface area contributed by atoms with E-state index in [-0.39, 0.29) is 0 Å². The molecule has 0 atom stereocenters. The highest BCUT2D eigenvalue weighted by Crippen LogP contribution is 2.40. The molecule has 8 aromatic carbocycles. The van der Waals surface area contributed by atoms with E-state index in [9.17, 15) is 5.26 Å². The third-order valence-corrected chi connectivity index (χ3v) is 10.9. The zero-order valence-corrected chi connectivity index (χ0v) is 28.6. The molecule has 0 amide bonds. The van der Waals surface area contributed by atoms with Crippen LogP contribution in [0.15, 0.2) is 182 Å². The summed E-state index contributed by atoms with van der Waals surface area (Å²) in [4.78, 5) is 0. The molecule has 0 saturated heterocycles. The molecule has 3 aromatic heterocycles. The van der Waals surface area contributed by atoms with Crippen LogP contribution in [0.3, 0.4) is 0 Å². The molecule has 4 heteroatoms. The standard InChI is InChI=1S/C49H30N4/c50-31-34-28-33(24-27-43(34)53-46-20-10-4-14-37(46)38-15-5-11-21-47(38)53)32-22-25-36(26-23-32)52-45-19-9-7-17-40(45)42-29-41-39-16-6-8-18-44(39)51(48(41)30-49(42)52)35-12-2-1-3-13-35/h1-30H. The number of hydrogen-bond donors (Lipinski definition) is 0. The number of para-hydroxylation sites is 5. The largest absolute Gasteiger partial charge is 0.309 e. The Balaban J connectivity index is 1.06. The molecule has 0 aliphatic rings. The lowest BCUT2D eigenvalue weighted by molar-refractivity contribution is 1.16. The van der Waals surface area contributed by atoms with Gasteiger partial charge in [-0.3, -0.25) is 0 Å². The second-order valence-electron chi connectivity index (χ2n) is 13.7. The van der Waals surface area contributed by atoms with Gasteiger partial charge in [0.1, 0.15) is 6.07 Å². The summed E-state index contributed by atoms with van der Waals surface area (Å²) in [6.07, 6.45) is 0. The molecule has 4 nitrogen and oxygen atoms in total. The molecule has 0 aliphatic heterocycles. The van der Waals surface area contributed by atoms with Crippen LogP contribution in [0.5, 0.6) is 0 Å². The number of rotatable bonds is 4. The van der Waals surface area contributed by atoms with E-state index >= 15 is 0 Å². The smallest absolute Gasteiger partial charge is 0.101 e. The van der Waals surface area contributed by atoms with Crippen LogP contribution in [-0.4, -0.2) is 13.7 Å². The van der Waals surface area contributed by atoms with Gasteiger partial charge in [0, 0.05) is 43.7 Å². The first-order valence-corrected chi connectivity index (χ1v) is 17.9. The molecule has 246 valence electrons. The van der Waals surface area contributed by atoms with Crippen molar-refractivity contribution in [3.05, 3.63) is 188 Å². The molecule has 11 aromatic rings. The fraction of sp³-hybridized carbons (Fsp3) is 0. The van der Waals surface area contributed by atoms with E-state index in [1.54, 1.807) is 0 Å². The van der Waals surface area contributed by atoms with E-state index in [0.717, 1.165) is 44.7 Å². The molecular formula is C49H30N4. The first-order valence-electron chi connectivity index (χ1n) is 17.9. The molecule has 3 heterocycles. The minimum absolute atomic E-state index is 0.637. The summed E-state index contributed by atoms with van der Waals surface area (Å²) in [5, 5.41) is 17.8. The van der Waals surface area contributed by atoms with Crippen molar-refractivity contribution in [1.29, 1.82) is 5.26 Å². The molecule has 11 rings (SSSR count). The Morgan fingerprint density at radius 3 is 1.28 bits per heavy atom. The van der Waals surface area contributed by atoms with Crippen LogP contribution in [0.1, 0.15) is 5.56 Å². The Labute approximate surface area is 305 Å². The lowest BCUT2D eigenvalue weighted by Gasteiger charge is -2.13. The normalized spacial score (nSPS) is 11.8. The Hall–Kier alpha value is -7.35. The number of benzene rings is 8. The second-order valence-corrected chi connectivity index (χ2v) is 13.7. The molecule has 0 aliphatic carbocycles. The van der Waals surface area contributed by atoms with E-state index in [0.29, 0.717) is 5.56 Å². The first-order chi connectivity index (χ1) is 26.3. The van der Waals surface area contributed by atoms with Crippen molar-refractivity contribution >= 4 is 65.4 Å². The van der Waals surface area contributed by atoms with Crippen molar-refractivity contribution in [3.63, 3.8) is 0 Å². The van der Waals surface area contributed by atoms with Crippen LogP contribution >= 0.6 is 0 Å². The fourth-order valence-electron chi connectivity index (χ4n) is 8.55. The number of hydrogen-bond acceptors (Lipinski definition) is 1. The van der Waals surface area contributed by atoms with Crippen LogP contribution in [0, 0.1) is 11.3 Å². The third kappa shape index (κ3) is 4.29. The maximum absolute atomic E-state index is 10.4. The van der Waals surface area contributed by atoms with Crippen molar-refractivity contribution in [2.45, 2.75) is 0 Å². The minimum atomic E-state index is 0.637. The Morgan fingerprint density at radius 1 is 0.321 bits per heavy atom. The maximum atomic E-state index is 10.4. The van der Waals surface area contributed by atoms with Crippen LogP contribution < -0.4 is 0 Å². The molecular weight excluding hydrogens is 645 g/mol. The van der Waals surface area contributed by atoms with Crippen molar-refractivity contribution < 1.29 is 0 Å². The van der Waals surface area contributed by atoms with Crippen LogP contribution in [0.2, 0.25) is 0 Å². The van der Waals surface area contributed by atoms with Crippen molar-refractivity contribution in [3.8, 4) is 34.3 Å². The topological polar surface area (TPSA) is 38.6 Å². The predicted molar refractivity (Wildman–Crippen MR) is 220 cm³/mol. The fourth-order valence-corrected chi connectivity index (χ4v) is 8.55. The second kappa shape index (κ2) is 11.3. The van der Waals surface area contributed by atoms with Gasteiger partial charge in [0.2, 0.25) is 0 Å². The summed E-state index contributed by atoms with van der Waals surface area (Å²) in [5.41, 5.74) is 12.7. The molecule has 0 bridgehead atoms. The van der Waals surface area contributed by atoms with Gasteiger partial charge in [-0.2, -0.15) is 5.26 Å². The zero-order valence-electron chi connectivity index (χ0n) is 28.6. The van der Waals surface area contributed by atoms with Gasteiger partial charge in [-0.1, -0.05) is 109 Å². The number of aromatic nitrogens is 3. The van der Waals surface area contributed by atoms with Gasteiger partial charge in [-0.15, -0.1) is 0 Å². The van der Waals surface area contributed by atoms with Crippen LogP contribution in [-0.2, 0) is 0 Å². The number of fused-ring (bicyclic) bond motifs is 9. The quantitative estimate of drug-likeness (QED) is 0.183. The average molecular weight is 675 g/mol. The summed E-state index contributed by atoms with van der Waals surface area (Å²) in [6.45, 7) is 0. The summed E-state index contributed by atoms with van der Waals surface area (Å²) in [7, 11) is 0. The van der Waals surface area contributed by atoms with Gasteiger partial charge in [0.15, 0.2) is 0 Å². The third-order valence-electron chi connectivity index (χ3n) is 10.9. The molecule has 0 saturated carbocycles. The molecule has 0 unspecified atom stereocenters. The first kappa shape index (κ1) is 29.4. The summed E-state index contributed by atoms with van der Waals surface area (Å²) < 4.78 is 6.98. The zero-order chi connectivity index (χ0) is 35.0. The molecule has 0 fully saturated rings. The summed E-state index contributed by atoms with van der Waals surface area (Å²) >= 11 is 0. The Bertz CT molecular complexity index is 3220. The van der Waals surface area contributed by atoms with Gasteiger partial charge < -0.3 is 13.7 Å².